The fraction of sp³-hybridized carbons (Fsp3) is 0.526. The zero-order valence-corrected chi connectivity index (χ0v) is 17.1. The lowest BCUT2D eigenvalue weighted by molar-refractivity contribution is -0.160. The molecular weight excluding hydrogens is 394 g/mol. The Morgan fingerprint density at radius 3 is 2.93 bits per heavy atom. The number of thioether (sulfide) groups is 1. The minimum Gasteiger partial charge on any atom is -0.487 e. The fourth-order valence-electron chi connectivity index (χ4n) is 3.40. The third-order valence-corrected chi connectivity index (χ3v) is 6.05. The first-order chi connectivity index (χ1) is 14.0. The van der Waals surface area contributed by atoms with Gasteiger partial charge in [0.1, 0.15) is 41.8 Å². The van der Waals surface area contributed by atoms with Crippen LogP contribution in [-0.2, 0) is 17.9 Å². The average Bonchev–Trinajstić information content (AvgIpc) is 3.32. The van der Waals surface area contributed by atoms with Crippen molar-refractivity contribution in [2.45, 2.75) is 56.8 Å². The average molecular weight is 420 g/mol. The smallest absolute Gasteiger partial charge is 0.159 e. The van der Waals surface area contributed by atoms with E-state index in [4.69, 9.17) is 9.47 Å². The Bertz CT molecular complexity index is 876. The van der Waals surface area contributed by atoms with Crippen LogP contribution >= 0.6 is 11.8 Å². The van der Waals surface area contributed by atoms with Crippen molar-refractivity contribution in [3.05, 3.63) is 41.7 Å². The standard InChI is InChI=1S/C19H25N5O4S/c1-3-20-19-21-15-17(26)16(25)14(28-18(15)29-19)9-24-8-12(22-23-24)10-27-13-7-5-4-6-11(13)2/h4-8,14-18,25-26H,3,9-10H2,1-2H3,(H,20,21). The zero-order chi connectivity index (χ0) is 20.4. The summed E-state index contributed by atoms with van der Waals surface area (Å²) in [4.78, 5) is 4.33. The van der Waals surface area contributed by atoms with Gasteiger partial charge in [-0.15, -0.1) is 5.10 Å². The molecule has 156 valence electrons. The SMILES string of the molecule is CCN=C1NC2C(OC(Cn3cc(COc4ccccc4C)nn3)C(O)C2O)S1. The summed E-state index contributed by atoms with van der Waals surface area (Å²) in [5, 5.41) is 33.1. The summed E-state index contributed by atoms with van der Waals surface area (Å²) >= 11 is 1.43. The quantitative estimate of drug-likeness (QED) is 0.627. The van der Waals surface area contributed by atoms with Crippen molar-refractivity contribution in [1.29, 1.82) is 0 Å². The second-order valence-electron chi connectivity index (χ2n) is 7.08. The Kier molecular flexibility index (Phi) is 6.04. The number of amidine groups is 1. The Hall–Kier alpha value is -2.14. The summed E-state index contributed by atoms with van der Waals surface area (Å²) < 4.78 is 13.4. The molecule has 29 heavy (non-hydrogen) atoms. The van der Waals surface area contributed by atoms with Gasteiger partial charge in [-0.3, -0.25) is 4.99 Å². The number of aromatic nitrogens is 3. The lowest BCUT2D eigenvalue weighted by Gasteiger charge is -2.38. The number of hydrogen-bond donors (Lipinski definition) is 3. The highest BCUT2D eigenvalue weighted by Crippen LogP contribution is 2.34. The van der Waals surface area contributed by atoms with Gasteiger partial charge < -0.3 is 25.0 Å². The van der Waals surface area contributed by atoms with Gasteiger partial charge in [0, 0.05) is 6.54 Å². The number of rotatable bonds is 6. The maximum atomic E-state index is 10.5. The van der Waals surface area contributed by atoms with Gasteiger partial charge >= 0.3 is 0 Å². The van der Waals surface area contributed by atoms with Crippen LogP contribution in [0.25, 0.3) is 0 Å². The van der Waals surface area contributed by atoms with Crippen LogP contribution in [0.4, 0.5) is 0 Å². The summed E-state index contributed by atoms with van der Waals surface area (Å²) in [6.07, 6.45) is -0.839. The highest BCUT2D eigenvalue weighted by Gasteiger charge is 2.49. The first-order valence-electron chi connectivity index (χ1n) is 9.62. The Balaban J connectivity index is 1.37. The number of aryl methyl sites for hydroxylation is 1. The molecule has 0 spiro atoms. The van der Waals surface area contributed by atoms with E-state index in [0.29, 0.717) is 18.8 Å². The molecule has 4 rings (SSSR count). The normalized spacial score (nSPS) is 30.2. The molecule has 0 radical (unpaired) electrons. The number of hydrogen-bond acceptors (Lipinski definition) is 8. The molecule has 5 atom stereocenters. The molecule has 3 N–H and O–H groups in total. The molecule has 10 heteroatoms. The molecule has 0 bridgehead atoms. The molecule has 5 unspecified atom stereocenters. The lowest BCUT2D eigenvalue weighted by Crippen LogP contribution is -2.59. The molecule has 2 aliphatic rings. The van der Waals surface area contributed by atoms with Crippen molar-refractivity contribution in [1.82, 2.24) is 20.3 Å². The number of aliphatic hydroxyl groups is 2. The van der Waals surface area contributed by atoms with E-state index >= 15 is 0 Å². The van der Waals surface area contributed by atoms with E-state index in [1.54, 1.807) is 10.9 Å². The molecule has 1 aromatic carbocycles. The van der Waals surface area contributed by atoms with Crippen LogP contribution in [0.15, 0.2) is 35.5 Å². The number of para-hydroxylation sites is 1. The molecule has 2 fully saturated rings. The van der Waals surface area contributed by atoms with Gasteiger partial charge in [0.05, 0.1) is 18.8 Å². The molecule has 0 aliphatic carbocycles. The van der Waals surface area contributed by atoms with Crippen molar-refractivity contribution in [3.8, 4) is 5.75 Å². The molecule has 3 heterocycles. The summed E-state index contributed by atoms with van der Waals surface area (Å²) in [6, 6.07) is 7.39. The first kappa shape index (κ1) is 20.1. The van der Waals surface area contributed by atoms with Crippen LogP contribution < -0.4 is 10.1 Å². The molecule has 9 nitrogen and oxygen atoms in total. The third kappa shape index (κ3) is 4.40. The van der Waals surface area contributed by atoms with Gasteiger partial charge in [0.2, 0.25) is 0 Å². The predicted octanol–water partition coefficient (Wildman–Crippen LogP) is 0.693. The molecule has 0 saturated carbocycles. The second kappa shape index (κ2) is 8.70. The Labute approximate surface area is 173 Å². The van der Waals surface area contributed by atoms with Crippen LogP contribution in [0.5, 0.6) is 5.75 Å². The van der Waals surface area contributed by atoms with Gasteiger partial charge in [-0.05, 0) is 25.5 Å². The van der Waals surface area contributed by atoms with E-state index < -0.39 is 18.3 Å². The van der Waals surface area contributed by atoms with Crippen molar-refractivity contribution >= 4 is 16.9 Å². The van der Waals surface area contributed by atoms with E-state index in [-0.39, 0.29) is 18.0 Å². The highest BCUT2D eigenvalue weighted by atomic mass is 32.2. The number of nitrogens with zero attached hydrogens (tertiary/aromatic N) is 4. The second-order valence-corrected chi connectivity index (χ2v) is 8.16. The minimum atomic E-state index is -1.04. The van der Waals surface area contributed by atoms with Crippen molar-refractivity contribution in [2.75, 3.05) is 6.54 Å². The van der Waals surface area contributed by atoms with Gasteiger partial charge in [0.25, 0.3) is 0 Å². The van der Waals surface area contributed by atoms with Gasteiger partial charge in [-0.1, -0.05) is 35.2 Å². The first-order valence-corrected chi connectivity index (χ1v) is 10.5. The van der Waals surface area contributed by atoms with E-state index in [1.807, 2.05) is 38.1 Å². The molecular formula is C19H25N5O4S. The maximum Gasteiger partial charge on any atom is 0.159 e. The van der Waals surface area contributed by atoms with Gasteiger partial charge in [-0.2, -0.15) is 0 Å². The topological polar surface area (TPSA) is 114 Å². The lowest BCUT2D eigenvalue weighted by atomic mass is 9.98. The minimum absolute atomic E-state index is 0.277. The van der Waals surface area contributed by atoms with E-state index in [1.165, 1.54) is 11.8 Å². The van der Waals surface area contributed by atoms with Crippen molar-refractivity contribution < 1.29 is 19.7 Å². The summed E-state index contributed by atoms with van der Waals surface area (Å²) in [5.41, 5.74) is 1.41. The number of ether oxygens (including phenoxy) is 2. The summed E-state index contributed by atoms with van der Waals surface area (Å²) in [7, 11) is 0. The summed E-state index contributed by atoms with van der Waals surface area (Å²) in [5.74, 6) is 0.803. The van der Waals surface area contributed by atoms with Crippen LogP contribution in [0, 0.1) is 6.92 Å². The van der Waals surface area contributed by atoms with Crippen molar-refractivity contribution in [2.24, 2.45) is 4.99 Å². The monoisotopic (exact) mass is 419 g/mol. The largest absolute Gasteiger partial charge is 0.487 e. The van der Waals surface area contributed by atoms with E-state index in [0.717, 1.165) is 16.5 Å². The zero-order valence-electron chi connectivity index (χ0n) is 16.3. The van der Waals surface area contributed by atoms with Gasteiger partial charge in [-0.25, -0.2) is 4.68 Å². The maximum absolute atomic E-state index is 10.5. The van der Waals surface area contributed by atoms with Crippen LogP contribution in [0.2, 0.25) is 0 Å². The van der Waals surface area contributed by atoms with E-state index in [9.17, 15) is 10.2 Å². The molecule has 2 saturated heterocycles. The number of fused-ring (bicyclic) bond motifs is 1. The number of aliphatic imine (C=N–C) groups is 1. The summed E-state index contributed by atoms with van der Waals surface area (Å²) in [6.45, 7) is 5.14. The molecule has 0 amide bonds. The molecule has 2 aliphatic heterocycles. The van der Waals surface area contributed by atoms with Crippen LogP contribution in [-0.4, -0.2) is 66.7 Å². The Morgan fingerprint density at radius 2 is 2.14 bits per heavy atom. The number of benzene rings is 1. The highest BCUT2D eigenvalue weighted by molar-refractivity contribution is 8.14. The van der Waals surface area contributed by atoms with Crippen LogP contribution in [0.3, 0.4) is 0 Å². The predicted molar refractivity (Wildman–Crippen MR) is 109 cm³/mol. The number of aliphatic hydroxyl groups excluding tert-OH is 2. The van der Waals surface area contributed by atoms with Gasteiger partial charge in [0.15, 0.2) is 5.17 Å². The third-order valence-electron chi connectivity index (χ3n) is 4.94. The molecule has 2 aromatic rings. The van der Waals surface area contributed by atoms with Crippen molar-refractivity contribution in [3.63, 3.8) is 0 Å². The van der Waals surface area contributed by atoms with Crippen LogP contribution in [0.1, 0.15) is 18.2 Å². The molecule has 1 aromatic heterocycles. The number of nitrogens with one attached hydrogen (secondary N) is 1. The Morgan fingerprint density at radius 1 is 1.31 bits per heavy atom. The fourth-order valence-corrected chi connectivity index (χ4v) is 4.60. The van der Waals surface area contributed by atoms with E-state index in [2.05, 4.69) is 20.6 Å².